The van der Waals surface area contributed by atoms with E-state index in [1.54, 1.807) is 0 Å². The van der Waals surface area contributed by atoms with Gasteiger partial charge in [0, 0.05) is 31.9 Å². The quantitative estimate of drug-likeness (QED) is 0.800. The molecular weight excluding hydrogens is 296 g/mol. The van der Waals surface area contributed by atoms with Crippen molar-refractivity contribution < 1.29 is 0 Å². The average molecular weight is 312 g/mol. The highest BCUT2D eigenvalue weighted by Gasteiger charge is 2.22. The Morgan fingerprint density at radius 2 is 1.73 bits per heavy atom. The minimum absolute atomic E-state index is 0.297. The highest BCUT2D eigenvalue weighted by Crippen LogP contribution is 2.22. The van der Waals surface area contributed by atoms with E-state index in [9.17, 15) is 5.26 Å². The molecule has 0 bridgehead atoms. The van der Waals surface area contributed by atoms with Crippen LogP contribution < -0.4 is 9.80 Å². The predicted octanol–water partition coefficient (Wildman–Crippen LogP) is 1.79. The molecule has 112 valence electrons. The molecule has 7 heteroatoms. The molecule has 1 aromatic carbocycles. The highest BCUT2D eigenvalue weighted by atomic mass is 32.2. The van der Waals surface area contributed by atoms with Crippen molar-refractivity contribution in [2.75, 3.05) is 42.2 Å². The number of piperazine rings is 1. The van der Waals surface area contributed by atoms with Crippen LogP contribution in [-0.2, 0) is 0 Å². The van der Waals surface area contributed by atoms with Crippen LogP contribution in [0.4, 0.5) is 11.5 Å². The van der Waals surface area contributed by atoms with Crippen LogP contribution in [0.5, 0.6) is 0 Å². The van der Waals surface area contributed by atoms with Gasteiger partial charge in [0.05, 0.1) is 0 Å². The Kier molecular flexibility index (Phi) is 4.39. The van der Waals surface area contributed by atoms with Gasteiger partial charge in [0.1, 0.15) is 6.07 Å². The number of hydrogen-bond donors (Lipinski definition) is 0. The number of nitriles is 1. The van der Waals surface area contributed by atoms with Crippen molar-refractivity contribution in [1.82, 2.24) is 15.2 Å². The van der Waals surface area contributed by atoms with E-state index >= 15 is 0 Å². The van der Waals surface area contributed by atoms with E-state index in [1.165, 1.54) is 17.4 Å². The van der Waals surface area contributed by atoms with Crippen LogP contribution in [-0.4, -0.2) is 47.6 Å². The lowest BCUT2D eigenvalue weighted by Gasteiger charge is -2.36. The van der Waals surface area contributed by atoms with E-state index in [0.29, 0.717) is 16.7 Å². The van der Waals surface area contributed by atoms with Gasteiger partial charge < -0.3 is 9.80 Å². The normalized spacial score (nSPS) is 14.7. The molecule has 6 nitrogen and oxygen atoms in total. The molecule has 2 heterocycles. The van der Waals surface area contributed by atoms with Crippen LogP contribution in [0.25, 0.3) is 0 Å². The summed E-state index contributed by atoms with van der Waals surface area (Å²) in [5.74, 6) is 0.648. The van der Waals surface area contributed by atoms with Gasteiger partial charge in [0.25, 0.3) is 0 Å². The molecule has 0 saturated carbocycles. The molecule has 3 rings (SSSR count). The summed E-state index contributed by atoms with van der Waals surface area (Å²) in [6, 6.07) is 12.4. The van der Waals surface area contributed by atoms with Crippen LogP contribution >= 0.6 is 11.8 Å². The number of nitrogens with zero attached hydrogens (tertiary/aromatic N) is 6. The highest BCUT2D eigenvalue weighted by molar-refractivity contribution is 7.98. The summed E-state index contributed by atoms with van der Waals surface area (Å²) in [4.78, 5) is 8.92. The molecule has 0 N–H and O–H groups in total. The van der Waals surface area contributed by atoms with E-state index < -0.39 is 0 Å². The summed E-state index contributed by atoms with van der Waals surface area (Å²) in [6.07, 6.45) is 1.90. The first kappa shape index (κ1) is 14.6. The number of hydrogen-bond acceptors (Lipinski definition) is 7. The fourth-order valence-corrected chi connectivity index (χ4v) is 2.80. The molecule has 22 heavy (non-hydrogen) atoms. The van der Waals surface area contributed by atoms with E-state index in [2.05, 4.69) is 55.3 Å². The van der Waals surface area contributed by atoms with Gasteiger partial charge in [-0.2, -0.15) is 5.26 Å². The molecule has 0 atom stereocenters. The van der Waals surface area contributed by atoms with Gasteiger partial charge in [-0.15, -0.1) is 10.2 Å². The van der Waals surface area contributed by atoms with Crippen molar-refractivity contribution >= 4 is 23.3 Å². The second-order valence-electron chi connectivity index (χ2n) is 4.89. The standard InChI is InChI=1S/C15H16N6S/c1-22-15-17-14(13(11-16)18-19-15)21-9-7-20(8-10-21)12-5-3-2-4-6-12/h2-6H,7-10H2,1H3. The van der Waals surface area contributed by atoms with Crippen LogP contribution in [0.1, 0.15) is 5.69 Å². The molecule has 0 spiro atoms. The van der Waals surface area contributed by atoms with Crippen LogP contribution in [0.15, 0.2) is 35.5 Å². The Bertz CT molecular complexity index is 676. The summed E-state index contributed by atoms with van der Waals surface area (Å²) in [5.41, 5.74) is 1.53. The molecule has 0 aliphatic carbocycles. The number of thioether (sulfide) groups is 1. The number of anilines is 2. The van der Waals surface area contributed by atoms with Gasteiger partial charge >= 0.3 is 0 Å². The zero-order valence-electron chi connectivity index (χ0n) is 12.3. The maximum Gasteiger partial charge on any atom is 0.210 e. The van der Waals surface area contributed by atoms with Gasteiger partial charge in [-0.05, 0) is 18.4 Å². The maximum absolute atomic E-state index is 9.21. The largest absolute Gasteiger partial charge is 0.368 e. The third-order valence-electron chi connectivity index (χ3n) is 3.64. The van der Waals surface area contributed by atoms with Gasteiger partial charge in [-0.1, -0.05) is 30.0 Å². The van der Waals surface area contributed by atoms with Crippen molar-refractivity contribution in [1.29, 1.82) is 5.26 Å². The number of rotatable bonds is 3. The monoisotopic (exact) mass is 312 g/mol. The number of benzene rings is 1. The molecule has 1 aliphatic heterocycles. The van der Waals surface area contributed by atoms with Gasteiger partial charge in [0.15, 0.2) is 5.82 Å². The first-order valence-electron chi connectivity index (χ1n) is 7.05. The van der Waals surface area contributed by atoms with E-state index in [0.717, 1.165) is 26.2 Å². The zero-order chi connectivity index (χ0) is 15.4. The topological polar surface area (TPSA) is 68.9 Å². The fourth-order valence-electron chi connectivity index (χ4n) is 2.50. The first-order chi connectivity index (χ1) is 10.8. The summed E-state index contributed by atoms with van der Waals surface area (Å²) in [5, 5.41) is 17.7. The predicted molar refractivity (Wildman–Crippen MR) is 87.2 cm³/mol. The van der Waals surface area contributed by atoms with E-state index in [1.807, 2.05) is 12.3 Å². The molecule has 1 fully saturated rings. The second kappa shape index (κ2) is 6.62. The number of para-hydroxylation sites is 1. The Hall–Kier alpha value is -2.33. The maximum atomic E-state index is 9.21. The average Bonchev–Trinajstić information content (AvgIpc) is 2.62. The van der Waals surface area contributed by atoms with Gasteiger partial charge in [-0.3, -0.25) is 0 Å². The van der Waals surface area contributed by atoms with Crippen molar-refractivity contribution in [3.05, 3.63) is 36.0 Å². The molecule has 0 unspecified atom stereocenters. The Labute approximate surface area is 133 Å². The SMILES string of the molecule is CSc1nnc(C#N)c(N2CCN(c3ccccc3)CC2)n1. The second-order valence-corrected chi connectivity index (χ2v) is 5.67. The van der Waals surface area contributed by atoms with Crippen molar-refractivity contribution in [3.8, 4) is 6.07 Å². The number of aromatic nitrogens is 3. The minimum Gasteiger partial charge on any atom is -0.368 e. The lowest BCUT2D eigenvalue weighted by molar-refractivity contribution is 0.637. The minimum atomic E-state index is 0.297. The Morgan fingerprint density at radius 3 is 2.36 bits per heavy atom. The van der Waals surface area contributed by atoms with E-state index in [-0.39, 0.29) is 0 Å². The third kappa shape index (κ3) is 2.97. The lowest BCUT2D eigenvalue weighted by Crippen LogP contribution is -2.47. The molecule has 2 aromatic rings. The summed E-state index contributed by atoms with van der Waals surface area (Å²) >= 11 is 1.43. The van der Waals surface area contributed by atoms with Gasteiger partial charge in [0.2, 0.25) is 10.9 Å². The fraction of sp³-hybridized carbons (Fsp3) is 0.333. The van der Waals surface area contributed by atoms with Crippen molar-refractivity contribution in [2.45, 2.75) is 5.16 Å². The smallest absolute Gasteiger partial charge is 0.210 e. The van der Waals surface area contributed by atoms with Crippen molar-refractivity contribution in [3.63, 3.8) is 0 Å². The molecule has 0 amide bonds. The van der Waals surface area contributed by atoms with Gasteiger partial charge in [-0.25, -0.2) is 4.98 Å². The third-order valence-corrected chi connectivity index (χ3v) is 4.18. The van der Waals surface area contributed by atoms with Crippen LogP contribution in [0.2, 0.25) is 0 Å². The zero-order valence-corrected chi connectivity index (χ0v) is 13.1. The van der Waals surface area contributed by atoms with Crippen molar-refractivity contribution in [2.24, 2.45) is 0 Å². The molecule has 0 radical (unpaired) electrons. The summed E-state index contributed by atoms with van der Waals surface area (Å²) in [7, 11) is 0. The first-order valence-corrected chi connectivity index (χ1v) is 8.28. The molecular formula is C15H16N6S. The summed E-state index contributed by atoms with van der Waals surface area (Å²) < 4.78 is 0. The molecule has 1 aromatic heterocycles. The molecule has 1 saturated heterocycles. The lowest BCUT2D eigenvalue weighted by atomic mass is 10.2. The Balaban J connectivity index is 1.75. The van der Waals surface area contributed by atoms with Crippen LogP contribution in [0.3, 0.4) is 0 Å². The Morgan fingerprint density at radius 1 is 1.05 bits per heavy atom. The summed E-state index contributed by atoms with van der Waals surface area (Å²) in [6.45, 7) is 3.42. The molecule has 1 aliphatic rings. The van der Waals surface area contributed by atoms with E-state index in [4.69, 9.17) is 0 Å². The van der Waals surface area contributed by atoms with Crippen LogP contribution in [0, 0.1) is 11.3 Å².